The van der Waals surface area contributed by atoms with Crippen LogP contribution in [0.1, 0.15) is 26.4 Å². The number of carbonyl (C=O) groups excluding carboxylic acids is 2. The summed E-state index contributed by atoms with van der Waals surface area (Å²) in [5, 5.41) is 3.59. The Morgan fingerprint density at radius 1 is 1.11 bits per heavy atom. The Morgan fingerprint density at radius 3 is 2.46 bits per heavy atom. The van der Waals surface area contributed by atoms with Crippen molar-refractivity contribution in [2.75, 3.05) is 11.9 Å². The number of amides is 2. The van der Waals surface area contributed by atoms with Crippen molar-refractivity contribution in [1.82, 2.24) is 0 Å². The van der Waals surface area contributed by atoms with E-state index in [1.54, 1.807) is 24.3 Å². The smallest absolute Gasteiger partial charge is 0.262 e. The summed E-state index contributed by atoms with van der Waals surface area (Å²) >= 11 is 7.37. The first-order chi connectivity index (χ1) is 13.5. The van der Waals surface area contributed by atoms with Gasteiger partial charge in [-0.15, -0.1) is 11.3 Å². The van der Waals surface area contributed by atoms with Crippen molar-refractivity contribution in [1.29, 1.82) is 0 Å². The molecule has 5 nitrogen and oxygen atoms in total. The number of anilines is 1. The van der Waals surface area contributed by atoms with Gasteiger partial charge in [0.25, 0.3) is 11.8 Å². The second-order valence-corrected chi connectivity index (χ2v) is 7.66. The summed E-state index contributed by atoms with van der Waals surface area (Å²) in [7, 11) is 0. The highest BCUT2D eigenvalue weighted by molar-refractivity contribution is 7.17. The predicted molar refractivity (Wildman–Crippen MR) is 112 cm³/mol. The van der Waals surface area contributed by atoms with Crippen molar-refractivity contribution in [3.63, 3.8) is 0 Å². The zero-order valence-electron chi connectivity index (χ0n) is 15.2. The topological polar surface area (TPSA) is 81.4 Å². The van der Waals surface area contributed by atoms with Gasteiger partial charge in [-0.1, -0.05) is 54.1 Å². The minimum absolute atomic E-state index is 0.229. The number of rotatable bonds is 7. The summed E-state index contributed by atoms with van der Waals surface area (Å²) in [5.74, 6) is -0.549. The van der Waals surface area contributed by atoms with Crippen LogP contribution in [0.15, 0.2) is 54.6 Å². The molecule has 0 bridgehead atoms. The molecule has 3 rings (SSSR count). The second kappa shape index (κ2) is 8.91. The van der Waals surface area contributed by atoms with Gasteiger partial charge in [-0.3, -0.25) is 9.59 Å². The fraction of sp³-hybridized carbons (Fsp3) is 0.143. The van der Waals surface area contributed by atoms with Gasteiger partial charge in [-0.05, 0) is 30.2 Å². The Kier molecular flexibility index (Phi) is 6.34. The molecule has 3 N–H and O–H groups in total. The predicted octanol–water partition coefficient (Wildman–Crippen LogP) is 4.42. The molecule has 3 aromatic rings. The van der Waals surface area contributed by atoms with Crippen LogP contribution in [0.2, 0.25) is 5.02 Å². The molecule has 0 unspecified atom stereocenters. The van der Waals surface area contributed by atoms with Crippen molar-refractivity contribution < 1.29 is 14.3 Å². The summed E-state index contributed by atoms with van der Waals surface area (Å²) in [6.45, 7) is 1.61. The third-order valence-corrected chi connectivity index (χ3v) is 5.67. The van der Waals surface area contributed by atoms with Crippen molar-refractivity contribution in [3.05, 3.63) is 81.2 Å². The Bertz CT molecular complexity index is 1000. The molecule has 2 aromatic carbocycles. The van der Waals surface area contributed by atoms with E-state index >= 15 is 0 Å². The summed E-state index contributed by atoms with van der Waals surface area (Å²) in [5.41, 5.74) is 7.78. The average molecular weight is 415 g/mol. The lowest BCUT2D eigenvalue weighted by atomic mass is 10.1. The summed E-state index contributed by atoms with van der Waals surface area (Å²) in [6.07, 6.45) is 0.656. The number of para-hydroxylation sites is 1. The normalized spacial score (nSPS) is 10.5. The number of carbonyl (C=O) groups is 2. The standard InChI is InChI=1S/C21H19ClN2O3S/c1-13-17(11-14-7-3-2-4-8-14)28-21(19(13)20(23)26)24-18(25)12-27-16-10-6-5-9-15(16)22/h2-10H,11-12H2,1H3,(H2,23,26)(H,24,25). The molecule has 0 fully saturated rings. The lowest BCUT2D eigenvalue weighted by molar-refractivity contribution is -0.118. The molecule has 0 saturated carbocycles. The number of primary amides is 1. The Balaban J connectivity index is 1.75. The van der Waals surface area contributed by atoms with Gasteiger partial charge in [0.15, 0.2) is 6.61 Å². The lowest BCUT2D eigenvalue weighted by Gasteiger charge is -2.08. The monoisotopic (exact) mass is 414 g/mol. The van der Waals surface area contributed by atoms with Crippen molar-refractivity contribution in [2.24, 2.45) is 5.73 Å². The van der Waals surface area contributed by atoms with E-state index in [9.17, 15) is 9.59 Å². The summed E-state index contributed by atoms with van der Waals surface area (Å²) in [6, 6.07) is 16.8. The van der Waals surface area contributed by atoms with Crippen molar-refractivity contribution >= 4 is 39.8 Å². The minimum Gasteiger partial charge on any atom is -0.482 e. The Morgan fingerprint density at radius 2 is 1.79 bits per heavy atom. The van der Waals surface area contributed by atoms with E-state index in [2.05, 4.69) is 5.32 Å². The molecule has 1 aromatic heterocycles. The maximum Gasteiger partial charge on any atom is 0.262 e. The van der Waals surface area contributed by atoms with Crippen molar-refractivity contribution in [3.8, 4) is 5.75 Å². The molecule has 2 amide bonds. The van der Waals surface area contributed by atoms with Gasteiger partial charge in [0.2, 0.25) is 0 Å². The second-order valence-electron chi connectivity index (χ2n) is 6.15. The van der Waals surface area contributed by atoms with Crippen LogP contribution in [0.4, 0.5) is 5.00 Å². The quantitative estimate of drug-likeness (QED) is 0.600. The van der Waals surface area contributed by atoms with E-state index in [4.69, 9.17) is 22.1 Å². The van der Waals surface area contributed by atoms with E-state index in [0.717, 1.165) is 16.0 Å². The van der Waals surface area contributed by atoms with Crippen LogP contribution in [0.25, 0.3) is 0 Å². The SMILES string of the molecule is Cc1c(Cc2ccccc2)sc(NC(=O)COc2ccccc2Cl)c1C(N)=O. The number of ether oxygens (including phenoxy) is 1. The first kappa shape index (κ1) is 19.9. The van der Waals surface area contributed by atoms with Crippen LogP contribution >= 0.6 is 22.9 Å². The van der Waals surface area contributed by atoms with Gasteiger partial charge in [0, 0.05) is 11.3 Å². The molecule has 0 spiro atoms. The maximum atomic E-state index is 12.3. The van der Waals surface area contributed by atoms with Crippen LogP contribution in [0, 0.1) is 6.92 Å². The first-order valence-electron chi connectivity index (χ1n) is 8.59. The lowest BCUT2D eigenvalue weighted by Crippen LogP contribution is -2.22. The van der Waals surface area contributed by atoms with Crippen molar-refractivity contribution in [2.45, 2.75) is 13.3 Å². The molecule has 0 atom stereocenters. The van der Waals surface area contributed by atoms with E-state index in [1.807, 2.05) is 37.3 Å². The molecule has 144 valence electrons. The highest BCUT2D eigenvalue weighted by Crippen LogP contribution is 2.34. The molecule has 0 aliphatic rings. The van der Waals surface area contributed by atoms with Crippen LogP contribution in [0.5, 0.6) is 5.75 Å². The molecule has 0 saturated heterocycles. The Labute approximate surface area is 172 Å². The zero-order valence-corrected chi connectivity index (χ0v) is 16.8. The van der Waals surface area contributed by atoms with Gasteiger partial charge in [-0.25, -0.2) is 0 Å². The molecule has 0 aliphatic carbocycles. The number of nitrogens with one attached hydrogen (secondary N) is 1. The van der Waals surface area contributed by atoms with Crippen LogP contribution in [-0.4, -0.2) is 18.4 Å². The highest BCUT2D eigenvalue weighted by atomic mass is 35.5. The molecule has 0 radical (unpaired) electrons. The number of benzene rings is 2. The van der Waals surface area contributed by atoms with Gasteiger partial charge < -0.3 is 15.8 Å². The van der Waals surface area contributed by atoms with Gasteiger partial charge in [0.1, 0.15) is 10.8 Å². The number of thiophene rings is 1. The molecular formula is C21H19ClN2O3S. The van der Waals surface area contributed by atoms with Gasteiger partial charge in [-0.2, -0.15) is 0 Å². The van der Waals surface area contributed by atoms with E-state index in [1.165, 1.54) is 11.3 Å². The molecule has 28 heavy (non-hydrogen) atoms. The molecule has 7 heteroatoms. The van der Waals surface area contributed by atoms with Gasteiger partial charge in [0.05, 0.1) is 10.6 Å². The molecular weight excluding hydrogens is 396 g/mol. The van der Waals surface area contributed by atoms with Crippen LogP contribution < -0.4 is 15.8 Å². The zero-order chi connectivity index (χ0) is 20.1. The molecule has 0 aliphatic heterocycles. The maximum absolute atomic E-state index is 12.3. The Hall–Kier alpha value is -2.83. The van der Waals surface area contributed by atoms with Crippen LogP contribution in [-0.2, 0) is 11.2 Å². The number of hydrogen-bond acceptors (Lipinski definition) is 4. The summed E-state index contributed by atoms with van der Waals surface area (Å²) < 4.78 is 5.45. The fourth-order valence-electron chi connectivity index (χ4n) is 2.76. The van der Waals surface area contributed by atoms with E-state index in [-0.39, 0.29) is 6.61 Å². The average Bonchev–Trinajstić information content (AvgIpc) is 2.97. The first-order valence-corrected chi connectivity index (χ1v) is 9.78. The minimum atomic E-state index is -0.574. The van der Waals surface area contributed by atoms with Crippen LogP contribution in [0.3, 0.4) is 0 Å². The summed E-state index contributed by atoms with van der Waals surface area (Å²) in [4.78, 5) is 25.2. The molecule has 1 heterocycles. The largest absolute Gasteiger partial charge is 0.482 e. The number of hydrogen-bond donors (Lipinski definition) is 2. The third kappa shape index (κ3) is 4.71. The third-order valence-electron chi connectivity index (χ3n) is 4.15. The fourth-order valence-corrected chi connectivity index (χ4v) is 4.21. The number of nitrogens with two attached hydrogens (primary N) is 1. The van der Waals surface area contributed by atoms with E-state index < -0.39 is 11.8 Å². The highest BCUT2D eigenvalue weighted by Gasteiger charge is 2.21. The number of halogens is 1. The van der Waals surface area contributed by atoms with Gasteiger partial charge >= 0.3 is 0 Å². The van der Waals surface area contributed by atoms with E-state index in [0.29, 0.717) is 27.8 Å².